The SMILES string of the molecule is COc1ccc(C2C(=O)c3ccc(OCc4ccccc4)cc3C2=O)c2[nH]c(Cc3ccc(C#N)cc3)nc12. The summed E-state index contributed by atoms with van der Waals surface area (Å²) in [5.74, 6) is 0.233. The van der Waals surface area contributed by atoms with Gasteiger partial charge in [-0.15, -0.1) is 0 Å². The van der Waals surface area contributed by atoms with Crippen molar-refractivity contribution in [2.45, 2.75) is 18.9 Å². The van der Waals surface area contributed by atoms with Crippen molar-refractivity contribution in [1.29, 1.82) is 5.26 Å². The van der Waals surface area contributed by atoms with E-state index in [1.807, 2.05) is 42.5 Å². The largest absolute Gasteiger partial charge is 0.494 e. The Morgan fingerprint density at radius 3 is 2.41 bits per heavy atom. The maximum atomic E-state index is 13.6. The van der Waals surface area contributed by atoms with E-state index in [9.17, 15) is 9.59 Å². The lowest BCUT2D eigenvalue weighted by Gasteiger charge is -2.10. The number of ketones is 2. The van der Waals surface area contributed by atoms with E-state index < -0.39 is 5.92 Å². The van der Waals surface area contributed by atoms with Crippen LogP contribution in [-0.4, -0.2) is 28.6 Å². The monoisotopic (exact) mass is 513 g/mol. The van der Waals surface area contributed by atoms with Crippen molar-refractivity contribution in [1.82, 2.24) is 9.97 Å². The van der Waals surface area contributed by atoms with Gasteiger partial charge >= 0.3 is 0 Å². The zero-order chi connectivity index (χ0) is 26.9. The van der Waals surface area contributed by atoms with Crippen LogP contribution in [0.25, 0.3) is 11.0 Å². The molecule has 1 N–H and O–H groups in total. The van der Waals surface area contributed by atoms with Crippen LogP contribution in [0.1, 0.15) is 54.7 Å². The lowest BCUT2D eigenvalue weighted by atomic mass is 9.93. The number of aromatic amines is 1. The number of aromatic nitrogens is 2. The second kappa shape index (κ2) is 9.92. The first-order valence-corrected chi connectivity index (χ1v) is 12.5. The van der Waals surface area contributed by atoms with E-state index in [1.54, 1.807) is 49.6 Å². The summed E-state index contributed by atoms with van der Waals surface area (Å²) in [5.41, 5.74) is 5.02. The quantitative estimate of drug-likeness (QED) is 0.277. The number of methoxy groups -OCH3 is 1. The number of carbonyl (C=O) groups is 2. The average molecular weight is 514 g/mol. The second-order valence-electron chi connectivity index (χ2n) is 9.39. The summed E-state index contributed by atoms with van der Waals surface area (Å²) in [4.78, 5) is 35.2. The minimum Gasteiger partial charge on any atom is -0.494 e. The molecule has 1 unspecified atom stereocenters. The predicted molar refractivity (Wildman–Crippen MR) is 145 cm³/mol. The van der Waals surface area contributed by atoms with Crippen LogP contribution in [0.4, 0.5) is 0 Å². The Morgan fingerprint density at radius 1 is 0.897 bits per heavy atom. The topological polar surface area (TPSA) is 105 Å². The number of Topliss-reactive ketones (excluding diaryl/α,β-unsaturated/α-hetero) is 2. The second-order valence-corrected chi connectivity index (χ2v) is 9.39. The van der Waals surface area contributed by atoms with Crippen LogP contribution >= 0.6 is 0 Å². The zero-order valence-corrected chi connectivity index (χ0v) is 21.1. The lowest BCUT2D eigenvalue weighted by Crippen LogP contribution is -2.13. The fraction of sp³-hybridized carbons (Fsp3) is 0.125. The number of carbonyl (C=O) groups excluding carboxylic acids is 2. The molecule has 0 saturated carbocycles. The number of benzene rings is 4. The van der Waals surface area contributed by atoms with Crippen molar-refractivity contribution in [2.75, 3.05) is 7.11 Å². The molecule has 5 aromatic rings. The fourth-order valence-electron chi connectivity index (χ4n) is 5.00. The number of nitriles is 1. The van der Waals surface area contributed by atoms with Gasteiger partial charge in [0.05, 0.1) is 24.3 Å². The zero-order valence-electron chi connectivity index (χ0n) is 21.1. The summed E-state index contributed by atoms with van der Waals surface area (Å²) >= 11 is 0. The Kier molecular flexibility index (Phi) is 6.14. The summed E-state index contributed by atoms with van der Waals surface area (Å²) in [6.45, 7) is 0.362. The minimum absolute atomic E-state index is 0.251. The molecule has 39 heavy (non-hydrogen) atoms. The van der Waals surface area contributed by atoms with E-state index in [1.165, 1.54) is 0 Å². The number of hydrogen-bond acceptors (Lipinski definition) is 6. The minimum atomic E-state index is -0.985. The summed E-state index contributed by atoms with van der Waals surface area (Å²) < 4.78 is 11.4. The highest BCUT2D eigenvalue weighted by Gasteiger charge is 2.41. The van der Waals surface area contributed by atoms with Gasteiger partial charge in [-0.05, 0) is 53.1 Å². The van der Waals surface area contributed by atoms with Crippen LogP contribution in [0.3, 0.4) is 0 Å². The van der Waals surface area contributed by atoms with E-state index in [0.29, 0.717) is 63.6 Å². The van der Waals surface area contributed by atoms with E-state index in [0.717, 1.165) is 11.1 Å². The molecule has 0 fully saturated rings. The third kappa shape index (κ3) is 4.42. The number of imidazole rings is 1. The molecule has 0 bridgehead atoms. The Morgan fingerprint density at radius 2 is 1.67 bits per heavy atom. The van der Waals surface area contributed by atoms with Gasteiger partial charge in [0.25, 0.3) is 0 Å². The molecule has 190 valence electrons. The summed E-state index contributed by atoms with van der Waals surface area (Å²) in [6.07, 6.45) is 0.484. The van der Waals surface area contributed by atoms with Gasteiger partial charge in [-0.3, -0.25) is 9.59 Å². The molecular weight excluding hydrogens is 490 g/mol. The van der Waals surface area contributed by atoms with Crippen molar-refractivity contribution in [3.05, 3.63) is 124 Å². The molecule has 0 amide bonds. The number of rotatable bonds is 7. The highest BCUT2D eigenvalue weighted by atomic mass is 16.5. The van der Waals surface area contributed by atoms with Gasteiger partial charge in [0, 0.05) is 17.5 Å². The Hall–Kier alpha value is -5.22. The number of H-pyrrole nitrogens is 1. The number of nitrogens with one attached hydrogen (secondary N) is 1. The normalized spacial score (nSPS) is 14.3. The molecule has 4 aromatic carbocycles. The molecular formula is C32H23N3O4. The summed E-state index contributed by atoms with van der Waals surface area (Å²) in [5, 5.41) is 9.06. The van der Waals surface area contributed by atoms with Gasteiger partial charge in [0.15, 0.2) is 11.6 Å². The summed E-state index contributed by atoms with van der Waals surface area (Å²) in [7, 11) is 1.56. The highest BCUT2D eigenvalue weighted by molar-refractivity contribution is 6.30. The van der Waals surface area contributed by atoms with E-state index in [2.05, 4.69) is 11.1 Å². The number of nitrogens with zero attached hydrogens (tertiary/aromatic N) is 2. The van der Waals surface area contributed by atoms with Crippen LogP contribution in [0, 0.1) is 11.3 Å². The first kappa shape index (κ1) is 24.1. The molecule has 0 spiro atoms. The van der Waals surface area contributed by atoms with Crippen LogP contribution in [0.2, 0.25) is 0 Å². The van der Waals surface area contributed by atoms with Crippen LogP contribution in [-0.2, 0) is 13.0 Å². The Bertz CT molecular complexity index is 1770. The van der Waals surface area contributed by atoms with Crippen molar-refractivity contribution >= 4 is 22.6 Å². The van der Waals surface area contributed by atoms with E-state index in [-0.39, 0.29) is 11.6 Å². The highest BCUT2D eigenvalue weighted by Crippen LogP contribution is 2.40. The fourth-order valence-corrected chi connectivity index (χ4v) is 5.00. The van der Waals surface area contributed by atoms with Gasteiger partial charge in [-0.2, -0.15) is 5.26 Å². The lowest BCUT2D eigenvalue weighted by molar-refractivity contribution is 0.0890. The molecule has 1 aliphatic carbocycles. The molecule has 6 rings (SSSR count). The predicted octanol–water partition coefficient (Wildman–Crippen LogP) is 5.78. The van der Waals surface area contributed by atoms with Crippen LogP contribution < -0.4 is 9.47 Å². The number of hydrogen-bond donors (Lipinski definition) is 1. The Labute approximate surface area is 224 Å². The number of fused-ring (bicyclic) bond motifs is 2. The van der Waals surface area contributed by atoms with Gasteiger partial charge in [0.2, 0.25) is 0 Å². The van der Waals surface area contributed by atoms with Crippen LogP contribution in [0.5, 0.6) is 11.5 Å². The van der Waals surface area contributed by atoms with Gasteiger partial charge in [-0.1, -0.05) is 48.5 Å². The molecule has 0 saturated heterocycles. The molecule has 1 atom stereocenters. The Balaban J connectivity index is 1.32. The van der Waals surface area contributed by atoms with Crippen molar-refractivity contribution in [3.8, 4) is 17.6 Å². The van der Waals surface area contributed by atoms with E-state index in [4.69, 9.17) is 19.7 Å². The number of ether oxygens (including phenoxy) is 2. The molecule has 7 heteroatoms. The third-order valence-corrected chi connectivity index (χ3v) is 6.97. The first-order chi connectivity index (χ1) is 19.1. The maximum absolute atomic E-state index is 13.6. The van der Waals surface area contributed by atoms with Crippen molar-refractivity contribution < 1.29 is 19.1 Å². The maximum Gasteiger partial charge on any atom is 0.179 e. The van der Waals surface area contributed by atoms with Gasteiger partial charge in [-0.25, -0.2) is 4.98 Å². The van der Waals surface area contributed by atoms with Gasteiger partial charge < -0.3 is 14.5 Å². The molecule has 1 aliphatic rings. The van der Waals surface area contributed by atoms with Crippen LogP contribution in [0.15, 0.2) is 84.9 Å². The molecule has 7 nitrogen and oxygen atoms in total. The van der Waals surface area contributed by atoms with Crippen molar-refractivity contribution in [3.63, 3.8) is 0 Å². The van der Waals surface area contributed by atoms with E-state index >= 15 is 0 Å². The van der Waals surface area contributed by atoms with Gasteiger partial charge in [0.1, 0.15) is 35.4 Å². The third-order valence-electron chi connectivity index (χ3n) is 6.97. The molecule has 1 heterocycles. The first-order valence-electron chi connectivity index (χ1n) is 12.5. The smallest absolute Gasteiger partial charge is 0.179 e. The average Bonchev–Trinajstić information content (AvgIpc) is 3.50. The molecule has 1 aromatic heterocycles. The van der Waals surface area contributed by atoms with Crippen molar-refractivity contribution in [2.24, 2.45) is 0 Å². The molecule has 0 radical (unpaired) electrons. The standard InChI is InChI=1S/C32H23N3O4/c1-38-26-14-13-24(29-30(26)35-27(34-29)15-19-7-9-20(17-33)10-8-19)28-31(36)23-12-11-22(16-25(23)32(28)37)39-18-21-5-3-2-4-6-21/h2-14,16,28H,15,18H2,1H3,(H,34,35). The molecule has 0 aliphatic heterocycles. The summed E-state index contributed by atoms with van der Waals surface area (Å²) in [6, 6.07) is 27.7.